The van der Waals surface area contributed by atoms with Crippen LogP contribution in [0.1, 0.15) is 11.4 Å². The van der Waals surface area contributed by atoms with Gasteiger partial charge in [0, 0.05) is 7.05 Å². The lowest BCUT2D eigenvalue weighted by molar-refractivity contribution is 0.731. The van der Waals surface area contributed by atoms with Gasteiger partial charge in [0.2, 0.25) is 0 Å². The van der Waals surface area contributed by atoms with E-state index in [0.29, 0.717) is 0 Å². The molecule has 0 unspecified atom stereocenters. The summed E-state index contributed by atoms with van der Waals surface area (Å²) in [5.41, 5.74) is 13.1. The number of guanidine groups is 1. The van der Waals surface area contributed by atoms with Crippen molar-refractivity contribution in [2.24, 2.45) is 23.5 Å². The van der Waals surface area contributed by atoms with E-state index in [9.17, 15) is 0 Å². The van der Waals surface area contributed by atoms with Crippen LogP contribution in [-0.2, 0) is 7.05 Å². The van der Waals surface area contributed by atoms with Crippen LogP contribution in [0.25, 0.3) is 0 Å². The monoisotopic (exact) mass is 295 g/mol. The van der Waals surface area contributed by atoms with Gasteiger partial charge in [0.1, 0.15) is 5.69 Å². The quantitative estimate of drug-likeness (QED) is 0.451. The molecular weight excluding hydrogens is 281 g/mol. The number of nitrogens with zero attached hydrogens (tertiary/aromatic N) is 3. The van der Waals surface area contributed by atoms with Gasteiger partial charge in [0.25, 0.3) is 0 Å². The summed E-state index contributed by atoms with van der Waals surface area (Å²) in [6.45, 7) is 3.79. The highest BCUT2D eigenvalue weighted by Gasteiger charge is 2.07. The molecule has 0 amide bonds. The van der Waals surface area contributed by atoms with Gasteiger partial charge < -0.3 is 11.5 Å². The average molecular weight is 295 g/mol. The van der Waals surface area contributed by atoms with Crippen LogP contribution in [0.2, 0.25) is 0 Å². The second kappa shape index (κ2) is 4.45. The second-order valence-corrected chi connectivity index (χ2v) is 2.68. The molecule has 1 aromatic heterocycles. The van der Waals surface area contributed by atoms with Gasteiger partial charge in [0.05, 0.1) is 11.4 Å². The topological polar surface area (TPSA) is 82.2 Å². The molecule has 0 aliphatic carbocycles. The lowest BCUT2D eigenvalue weighted by Crippen LogP contribution is -2.22. The third-order valence-corrected chi connectivity index (χ3v) is 1.71. The summed E-state index contributed by atoms with van der Waals surface area (Å²) in [6.07, 6.45) is 0. The summed E-state index contributed by atoms with van der Waals surface area (Å²) >= 11 is 0. The van der Waals surface area contributed by atoms with Crippen LogP contribution in [0.4, 0.5) is 5.69 Å². The minimum Gasteiger partial charge on any atom is -0.370 e. The van der Waals surface area contributed by atoms with Crippen molar-refractivity contribution in [1.82, 2.24) is 9.78 Å². The lowest BCUT2D eigenvalue weighted by Gasteiger charge is -1.94. The minimum atomic E-state index is 0. The minimum absolute atomic E-state index is 0. The molecule has 0 fully saturated rings. The molecule has 0 saturated heterocycles. The molecule has 1 rings (SSSR count). The van der Waals surface area contributed by atoms with Crippen molar-refractivity contribution in [1.29, 1.82) is 0 Å². The summed E-state index contributed by atoms with van der Waals surface area (Å²) in [6, 6.07) is 0. The molecule has 0 aliphatic heterocycles. The first-order chi connectivity index (χ1) is 5.52. The summed E-state index contributed by atoms with van der Waals surface area (Å²) in [4.78, 5) is 3.97. The SMILES string of the molecule is Cc1nn(C)c(C)c1N=C(N)N.I. The van der Waals surface area contributed by atoms with Crippen molar-refractivity contribution in [3.8, 4) is 0 Å². The Hall–Kier alpha value is -0.790. The molecule has 0 radical (unpaired) electrons. The van der Waals surface area contributed by atoms with Crippen LogP contribution in [0.5, 0.6) is 0 Å². The Morgan fingerprint density at radius 3 is 2.23 bits per heavy atom. The number of nitrogens with two attached hydrogens (primary N) is 2. The molecule has 74 valence electrons. The molecule has 0 spiro atoms. The van der Waals surface area contributed by atoms with Gasteiger partial charge in [-0.05, 0) is 13.8 Å². The number of aliphatic imine (C=N–C) groups is 1. The number of aromatic nitrogens is 2. The smallest absolute Gasteiger partial charge is 0.191 e. The zero-order valence-corrected chi connectivity index (χ0v) is 10.2. The van der Waals surface area contributed by atoms with Crippen LogP contribution in [0.15, 0.2) is 4.99 Å². The Balaban J connectivity index is 0.00000144. The standard InChI is InChI=1S/C7H13N5.HI/c1-4-6(10-7(8)9)5(2)12(3)11-4;/h1-3H3,(H4,8,9,10);1H. The van der Waals surface area contributed by atoms with Gasteiger partial charge in [0.15, 0.2) is 5.96 Å². The van der Waals surface area contributed by atoms with Crippen LogP contribution in [0, 0.1) is 13.8 Å². The zero-order chi connectivity index (χ0) is 9.30. The van der Waals surface area contributed by atoms with E-state index >= 15 is 0 Å². The zero-order valence-electron chi connectivity index (χ0n) is 7.90. The lowest BCUT2D eigenvalue weighted by atomic mass is 10.3. The molecule has 6 heteroatoms. The largest absolute Gasteiger partial charge is 0.370 e. The molecule has 0 aliphatic rings. The Bertz CT molecular complexity index is 324. The van der Waals surface area contributed by atoms with Crippen molar-refractivity contribution in [2.75, 3.05) is 0 Å². The maximum atomic E-state index is 5.26. The van der Waals surface area contributed by atoms with Gasteiger partial charge in [-0.15, -0.1) is 24.0 Å². The summed E-state index contributed by atoms with van der Waals surface area (Å²) in [7, 11) is 1.86. The molecular formula is C7H14IN5. The highest BCUT2D eigenvalue weighted by atomic mass is 127. The molecule has 1 aromatic rings. The summed E-state index contributed by atoms with van der Waals surface area (Å²) < 4.78 is 1.75. The highest BCUT2D eigenvalue weighted by Crippen LogP contribution is 2.21. The van der Waals surface area contributed by atoms with Crippen molar-refractivity contribution in [3.63, 3.8) is 0 Å². The summed E-state index contributed by atoms with van der Waals surface area (Å²) in [5, 5.41) is 4.16. The molecule has 13 heavy (non-hydrogen) atoms. The molecule has 0 saturated carbocycles. The Morgan fingerprint density at radius 1 is 1.38 bits per heavy atom. The van der Waals surface area contributed by atoms with Gasteiger partial charge in [-0.2, -0.15) is 5.10 Å². The fourth-order valence-electron chi connectivity index (χ4n) is 1.05. The van der Waals surface area contributed by atoms with Crippen molar-refractivity contribution in [2.45, 2.75) is 13.8 Å². The first kappa shape index (κ1) is 12.2. The molecule has 0 bridgehead atoms. The first-order valence-corrected chi connectivity index (χ1v) is 3.62. The third-order valence-electron chi connectivity index (χ3n) is 1.71. The van der Waals surface area contributed by atoms with Crippen LogP contribution < -0.4 is 11.5 Å². The van der Waals surface area contributed by atoms with Crippen LogP contribution in [0.3, 0.4) is 0 Å². The Morgan fingerprint density at radius 2 is 1.92 bits per heavy atom. The maximum absolute atomic E-state index is 5.26. The van der Waals surface area contributed by atoms with Gasteiger partial charge in [-0.25, -0.2) is 4.99 Å². The number of rotatable bonds is 1. The molecule has 1 heterocycles. The Kier molecular flexibility index (Phi) is 4.18. The number of aryl methyl sites for hydroxylation is 2. The fraction of sp³-hybridized carbons (Fsp3) is 0.429. The van der Waals surface area contributed by atoms with E-state index in [1.807, 2.05) is 20.9 Å². The van der Waals surface area contributed by atoms with E-state index in [-0.39, 0.29) is 29.9 Å². The van der Waals surface area contributed by atoms with E-state index in [2.05, 4.69) is 10.1 Å². The first-order valence-electron chi connectivity index (χ1n) is 3.62. The van der Waals surface area contributed by atoms with Gasteiger partial charge in [-0.1, -0.05) is 0 Å². The maximum Gasteiger partial charge on any atom is 0.191 e. The van der Waals surface area contributed by atoms with Crippen molar-refractivity contribution >= 4 is 35.6 Å². The van der Waals surface area contributed by atoms with E-state index in [0.717, 1.165) is 17.1 Å². The number of hydrogen-bond donors (Lipinski definition) is 2. The predicted molar refractivity (Wildman–Crippen MR) is 63.6 cm³/mol. The highest BCUT2D eigenvalue weighted by molar-refractivity contribution is 14.0. The van der Waals surface area contributed by atoms with E-state index in [1.54, 1.807) is 4.68 Å². The Labute approximate surface area is 94.2 Å². The molecule has 4 N–H and O–H groups in total. The van der Waals surface area contributed by atoms with E-state index in [4.69, 9.17) is 11.5 Å². The van der Waals surface area contributed by atoms with Crippen molar-refractivity contribution < 1.29 is 0 Å². The van der Waals surface area contributed by atoms with E-state index < -0.39 is 0 Å². The third kappa shape index (κ3) is 2.58. The second-order valence-electron chi connectivity index (χ2n) is 2.68. The number of hydrogen-bond acceptors (Lipinski definition) is 2. The average Bonchev–Trinajstić information content (AvgIpc) is 2.16. The molecule has 5 nitrogen and oxygen atoms in total. The molecule has 0 atom stereocenters. The molecule has 0 aromatic carbocycles. The van der Waals surface area contributed by atoms with Crippen LogP contribution in [-0.4, -0.2) is 15.7 Å². The fourth-order valence-corrected chi connectivity index (χ4v) is 1.05. The van der Waals surface area contributed by atoms with Crippen molar-refractivity contribution in [3.05, 3.63) is 11.4 Å². The predicted octanol–water partition coefficient (Wildman–Crippen LogP) is 0.560. The summed E-state index contributed by atoms with van der Waals surface area (Å²) in [5.74, 6) is 0.0641. The van der Waals surface area contributed by atoms with Gasteiger partial charge in [-0.3, -0.25) is 4.68 Å². The number of halogens is 1. The normalized spacial score (nSPS) is 9.15. The van der Waals surface area contributed by atoms with Gasteiger partial charge >= 0.3 is 0 Å². The van der Waals surface area contributed by atoms with Crippen LogP contribution >= 0.6 is 24.0 Å². The van der Waals surface area contributed by atoms with E-state index in [1.165, 1.54) is 0 Å².